The van der Waals surface area contributed by atoms with Crippen molar-refractivity contribution < 1.29 is 22.4 Å². The summed E-state index contributed by atoms with van der Waals surface area (Å²) in [5, 5.41) is 1.87. The summed E-state index contributed by atoms with van der Waals surface area (Å²) in [5.41, 5.74) is -1.26. The van der Waals surface area contributed by atoms with E-state index in [-0.39, 0.29) is 6.07 Å². The van der Waals surface area contributed by atoms with Gasteiger partial charge in [-0.1, -0.05) is 0 Å². The minimum atomic E-state index is -1.71. The summed E-state index contributed by atoms with van der Waals surface area (Å²) in [6.07, 6.45) is 0. The maximum absolute atomic E-state index is 12.8. The average Bonchev–Trinajstić information content (AvgIpc) is 2.15. The molecule has 1 aromatic carbocycles. The van der Waals surface area contributed by atoms with Crippen LogP contribution in [0.15, 0.2) is 6.07 Å². The van der Waals surface area contributed by atoms with Crippen molar-refractivity contribution in [3.05, 3.63) is 34.9 Å². The van der Waals surface area contributed by atoms with Gasteiger partial charge in [-0.3, -0.25) is 4.79 Å². The second kappa shape index (κ2) is 3.65. The summed E-state index contributed by atoms with van der Waals surface area (Å²) in [4.78, 5) is 10.8. The maximum Gasteiger partial charge on any atom is 0.257 e. The molecule has 0 fully saturated rings. The van der Waals surface area contributed by atoms with E-state index in [9.17, 15) is 22.4 Å². The van der Waals surface area contributed by atoms with Crippen molar-refractivity contribution in [1.29, 1.82) is 0 Å². The molecule has 1 N–H and O–H groups in total. The van der Waals surface area contributed by atoms with Crippen LogP contribution in [0.2, 0.25) is 0 Å². The fourth-order valence-electron chi connectivity index (χ4n) is 0.898. The lowest BCUT2D eigenvalue weighted by Gasteiger charge is -2.04. The summed E-state index contributed by atoms with van der Waals surface area (Å²) in [6.45, 7) is 0. The zero-order chi connectivity index (χ0) is 10.9. The van der Waals surface area contributed by atoms with Gasteiger partial charge in [0.25, 0.3) is 5.91 Å². The van der Waals surface area contributed by atoms with Gasteiger partial charge in [-0.15, -0.1) is 0 Å². The third-order valence-corrected chi connectivity index (χ3v) is 1.57. The minimum absolute atomic E-state index is 0.0388. The normalized spacial score (nSPS) is 10.1. The lowest BCUT2D eigenvalue weighted by atomic mass is 10.1. The Labute approximate surface area is 76.5 Å². The molecule has 6 heteroatoms. The van der Waals surface area contributed by atoms with Crippen molar-refractivity contribution >= 4 is 5.91 Å². The Morgan fingerprint density at radius 2 is 1.57 bits per heavy atom. The Morgan fingerprint density at radius 3 is 1.93 bits per heavy atom. The molecule has 1 rings (SSSR count). The van der Waals surface area contributed by atoms with E-state index >= 15 is 0 Å². The lowest BCUT2D eigenvalue weighted by molar-refractivity contribution is 0.0952. The third-order valence-electron chi connectivity index (χ3n) is 1.57. The number of benzene rings is 1. The van der Waals surface area contributed by atoms with E-state index in [1.54, 1.807) is 0 Å². The van der Waals surface area contributed by atoms with Crippen molar-refractivity contribution in [3.8, 4) is 0 Å². The van der Waals surface area contributed by atoms with Crippen LogP contribution in [-0.4, -0.2) is 13.0 Å². The van der Waals surface area contributed by atoms with Gasteiger partial charge in [-0.25, -0.2) is 17.6 Å². The molecule has 1 aromatic rings. The standard InChI is InChI=1S/C8H5F4NO/c1-13-8(14)5-6(11)3(9)2-4(10)7(5)12/h2H,1H3,(H,13,14). The number of carbonyl (C=O) groups is 1. The van der Waals surface area contributed by atoms with E-state index < -0.39 is 34.7 Å². The van der Waals surface area contributed by atoms with Gasteiger partial charge in [-0.2, -0.15) is 0 Å². The first kappa shape index (κ1) is 10.5. The molecule has 0 aliphatic heterocycles. The summed E-state index contributed by atoms with van der Waals surface area (Å²) in [7, 11) is 1.09. The number of hydrogen-bond acceptors (Lipinski definition) is 1. The predicted molar refractivity (Wildman–Crippen MR) is 39.7 cm³/mol. The number of rotatable bonds is 1. The Balaban J connectivity index is 3.47. The van der Waals surface area contributed by atoms with E-state index in [0.29, 0.717) is 0 Å². The van der Waals surface area contributed by atoms with Gasteiger partial charge >= 0.3 is 0 Å². The Kier molecular flexibility index (Phi) is 2.73. The monoisotopic (exact) mass is 207 g/mol. The van der Waals surface area contributed by atoms with Crippen molar-refractivity contribution in [1.82, 2.24) is 5.32 Å². The highest BCUT2D eigenvalue weighted by atomic mass is 19.2. The SMILES string of the molecule is CNC(=O)c1c(F)c(F)cc(F)c1F. The molecule has 0 radical (unpaired) electrons. The third kappa shape index (κ3) is 1.55. The summed E-state index contributed by atoms with van der Waals surface area (Å²) in [6, 6.07) is 0.0388. The van der Waals surface area contributed by atoms with Gasteiger partial charge in [0.2, 0.25) is 0 Å². The summed E-state index contributed by atoms with van der Waals surface area (Å²) >= 11 is 0. The predicted octanol–water partition coefficient (Wildman–Crippen LogP) is 1.60. The fourth-order valence-corrected chi connectivity index (χ4v) is 0.898. The molecule has 0 bridgehead atoms. The Hall–Kier alpha value is -1.59. The molecule has 0 heterocycles. The number of carbonyl (C=O) groups excluding carboxylic acids is 1. The van der Waals surface area contributed by atoms with Crippen molar-refractivity contribution in [3.63, 3.8) is 0 Å². The van der Waals surface area contributed by atoms with Crippen LogP contribution in [0.4, 0.5) is 17.6 Å². The van der Waals surface area contributed by atoms with Crippen molar-refractivity contribution in [2.45, 2.75) is 0 Å². The van der Waals surface area contributed by atoms with Gasteiger partial charge in [0.05, 0.1) is 0 Å². The number of halogens is 4. The van der Waals surface area contributed by atoms with Crippen molar-refractivity contribution in [2.75, 3.05) is 7.05 Å². The van der Waals surface area contributed by atoms with Crippen LogP contribution in [0.5, 0.6) is 0 Å². The molecule has 0 atom stereocenters. The number of amides is 1. The van der Waals surface area contributed by atoms with Crippen molar-refractivity contribution in [2.24, 2.45) is 0 Å². The molecule has 1 amide bonds. The van der Waals surface area contributed by atoms with E-state index in [1.165, 1.54) is 0 Å². The molecule has 0 aliphatic rings. The fraction of sp³-hybridized carbons (Fsp3) is 0.125. The lowest BCUT2D eigenvalue weighted by Crippen LogP contribution is -2.22. The molecular weight excluding hydrogens is 202 g/mol. The molecule has 2 nitrogen and oxygen atoms in total. The number of hydrogen-bond donors (Lipinski definition) is 1. The topological polar surface area (TPSA) is 29.1 Å². The highest BCUT2D eigenvalue weighted by Crippen LogP contribution is 2.18. The zero-order valence-electron chi connectivity index (χ0n) is 7.00. The highest BCUT2D eigenvalue weighted by Gasteiger charge is 2.23. The van der Waals surface area contributed by atoms with Gasteiger partial charge in [0.15, 0.2) is 23.3 Å². The van der Waals surface area contributed by atoms with E-state index in [4.69, 9.17) is 0 Å². The Bertz CT molecular complexity index is 365. The van der Waals surface area contributed by atoms with Gasteiger partial charge in [-0.05, 0) is 0 Å². The first-order valence-corrected chi connectivity index (χ1v) is 3.54. The van der Waals surface area contributed by atoms with E-state index in [0.717, 1.165) is 7.05 Å². The van der Waals surface area contributed by atoms with Crippen LogP contribution >= 0.6 is 0 Å². The molecule has 0 aliphatic carbocycles. The van der Waals surface area contributed by atoms with Crippen LogP contribution in [0, 0.1) is 23.3 Å². The first-order chi connectivity index (χ1) is 6.49. The molecule has 0 unspecified atom stereocenters. The van der Waals surface area contributed by atoms with Gasteiger partial charge in [0, 0.05) is 13.1 Å². The van der Waals surface area contributed by atoms with Crippen LogP contribution in [0.3, 0.4) is 0 Å². The van der Waals surface area contributed by atoms with Crippen LogP contribution in [-0.2, 0) is 0 Å². The minimum Gasteiger partial charge on any atom is -0.355 e. The van der Waals surface area contributed by atoms with E-state index in [1.807, 2.05) is 5.32 Å². The second-order valence-corrected chi connectivity index (χ2v) is 2.42. The smallest absolute Gasteiger partial charge is 0.257 e. The average molecular weight is 207 g/mol. The summed E-state index contributed by atoms with van der Waals surface area (Å²) in [5.74, 6) is -7.85. The van der Waals surface area contributed by atoms with Gasteiger partial charge < -0.3 is 5.32 Å². The Morgan fingerprint density at radius 1 is 1.14 bits per heavy atom. The maximum atomic E-state index is 12.8. The molecular formula is C8H5F4NO. The van der Waals surface area contributed by atoms with E-state index in [2.05, 4.69) is 0 Å². The molecule has 76 valence electrons. The van der Waals surface area contributed by atoms with Gasteiger partial charge in [0.1, 0.15) is 5.56 Å². The van der Waals surface area contributed by atoms with Crippen LogP contribution in [0.1, 0.15) is 10.4 Å². The second-order valence-electron chi connectivity index (χ2n) is 2.42. The molecule has 0 saturated carbocycles. The molecule has 0 aromatic heterocycles. The zero-order valence-corrected chi connectivity index (χ0v) is 7.00. The van der Waals surface area contributed by atoms with Crippen LogP contribution in [0.25, 0.3) is 0 Å². The quantitative estimate of drug-likeness (QED) is 0.550. The highest BCUT2D eigenvalue weighted by molar-refractivity contribution is 5.94. The molecule has 14 heavy (non-hydrogen) atoms. The largest absolute Gasteiger partial charge is 0.355 e. The molecule has 0 spiro atoms. The molecule has 0 saturated heterocycles. The van der Waals surface area contributed by atoms with Crippen LogP contribution < -0.4 is 5.32 Å². The number of nitrogens with one attached hydrogen (secondary N) is 1. The summed E-state index contributed by atoms with van der Waals surface area (Å²) < 4.78 is 50.8. The first-order valence-electron chi connectivity index (χ1n) is 3.54.